The molecule has 20 heavy (non-hydrogen) atoms. The smallest absolute Gasteiger partial charge is 0.316 e. The van der Waals surface area contributed by atoms with Crippen LogP contribution >= 0.6 is 0 Å². The zero-order valence-electron chi connectivity index (χ0n) is 12.1. The van der Waals surface area contributed by atoms with Gasteiger partial charge >= 0.3 is 6.03 Å². The van der Waals surface area contributed by atoms with Crippen LogP contribution in [0.5, 0.6) is 0 Å². The highest BCUT2D eigenvalue weighted by molar-refractivity contribution is 5.95. The monoisotopic (exact) mass is 277 g/mol. The number of hydrogen-bond donors (Lipinski definition) is 3. The number of unbranched alkanes of at least 4 members (excludes halogenated alkanes) is 2. The molecule has 1 aromatic rings. The van der Waals surface area contributed by atoms with Crippen LogP contribution in [0.2, 0.25) is 0 Å². The molecule has 0 aromatic heterocycles. The fraction of sp³-hybridized carbons (Fsp3) is 0.467. The number of nitrogens with two attached hydrogens (primary N) is 1. The van der Waals surface area contributed by atoms with E-state index in [0.717, 1.165) is 12.8 Å². The van der Waals surface area contributed by atoms with Gasteiger partial charge in [-0.1, -0.05) is 26.2 Å². The number of primary amides is 1. The Bertz CT molecular complexity index is 443. The van der Waals surface area contributed by atoms with E-state index in [9.17, 15) is 9.59 Å². The Balaban J connectivity index is 2.48. The number of benzene rings is 1. The summed E-state index contributed by atoms with van der Waals surface area (Å²) in [5, 5.41) is 5.42. The highest BCUT2D eigenvalue weighted by Gasteiger charge is 2.09. The van der Waals surface area contributed by atoms with Crippen molar-refractivity contribution >= 4 is 17.6 Å². The zero-order chi connectivity index (χ0) is 15.0. The van der Waals surface area contributed by atoms with E-state index in [1.54, 1.807) is 24.3 Å². The lowest BCUT2D eigenvalue weighted by Gasteiger charge is -2.13. The minimum atomic E-state index is -0.619. The Hall–Kier alpha value is -2.04. The number of nitrogens with one attached hydrogen (secondary N) is 2. The molecule has 5 heteroatoms. The Morgan fingerprint density at radius 1 is 1.20 bits per heavy atom. The molecule has 1 aromatic carbocycles. The maximum absolute atomic E-state index is 12.0. The topological polar surface area (TPSA) is 84.2 Å². The summed E-state index contributed by atoms with van der Waals surface area (Å²) < 4.78 is 0. The van der Waals surface area contributed by atoms with Gasteiger partial charge in [-0.2, -0.15) is 0 Å². The molecule has 1 unspecified atom stereocenters. The molecular formula is C15H23N3O2. The first-order valence-corrected chi connectivity index (χ1v) is 7.00. The van der Waals surface area contributed by atoms with E-state index in [1.165, 1.54) is 12.8 Å². The van der Waals surface area contributed by atoms with E-state index in [2.05, 4.69) is 17.6 Å². The number of carbonyl (C=O) groups is 2. The lowest BCUT2D eigenvalue weighted by Crippen LogP contribution is -2.32. The number of rotatable bonds is 7. The number of urea groups is 1. The summed E-state index contributed by atoms with van der Waals surface area (Å²) in [7, 11) is 0. The van der Waals surface area contributed by atoms with Gasteiger partial charge in [0, 0.05) is 17.3 Å². The van der Waals surface area contributed by atoms with Crippen LogP contribution in [0, 0.1) is 0 Å². The third kappa shape index (κ3) is 5.73. The number of anilines is 1. The average Bonchev–Trinajstić information content (AvgIpc) is 2.39. The number of hydrogen-bond acceptors (Lipinski definition) is 2. The van der Waals surface area contributed by atoms with Gasteiger partial charge in [0.05, 0.1) is 0 Å². The first kappa shape index (κ1) is 16.0. The largest absolute Gasteiger partial charge is 0.351 e. The van der Waals surface area contributed by atoms with Crippen molar-refractivity contribution in [3.8, 4) is 0 Å². The van der Waals surface area contributed by atoms with Gasteiger partial charge < -0.3 is 16.4 Å². The highest BCUT2D eigenvalue weighted by atomic mass is 16.2. The molecule has 1 rings (SSSR count). The standard InChI is InChI=1S/C15H23N3O2/c1-3-4-5-6-11(2)17-14(19)12-7-9-13(10-8-12)18-15(16)20/h7-11H,3-6H2,1-2H3,(H,17,19)(H3,16,18,20). The van der Waals surface area contributed by atoms with E-state index >= 15 is 0 Å². The summed E-state index contributed by atoms with van der Waals surface area (Å²) in [6, 6.07) is 6.19. The second-order valence-electron chi connectivity index (χ2n) is 4.94. The van der Waals surface area contributed by atoms with Crippen molar-refractivity contribution in [2.75, 3.05) is 5.32 Å². The Kier molecular flexibility index (Phi) is 6.56. The summed E-state index contributed by atoms with van der Waals surface area (Å²) in [6.45, 7) is 4.17. The van der Waals surface area contributed by atoms with Crippen LogP contribution in [0.15, 0.2) is 24.3 Å². The van der Waals surface area contributed by atoms with Gasteiger partial charge in [0.15, 0.2) is 0 Å². The van der Waals surface area contributed by atoms with Crippen LogP contribution in [0.1, 0.15) is 49.9 Å². The maximum atomic E-state index is 12.0. The van der Waals surface area contributed by atoms with E-state index < -0.39 is 6.03 Å². The molecule has 0 fully saturated rings. The molecule has 0 spiro atoms. The van der Waals surface area contributed by atoms with Gasteiger partial charge in [-0.05, 0) is 37.6 Å². The van der Waals surface area contributed by atoms with Gasteiger partial charge in [0.2, 0.25) is 0 Å². The van der Waals surface area contributed by atoms with Crippen LogP contribution in [0.25, 0.3) is 0 Å². The molecule has 0 saturated carbocycles. The van der Waals surface area contributed by atoms with Crippen molar-refractivity contribution in [2.24, 2.45) is 5.73 Å². The quantitative estimate of drug-likeness (QED) is 0.669. The first-order chi connectivity index (χ1) is 9.52. The SMILES string of the molecule is CCCCCC(C)NC(=O)c1ccc(NC(N)=O)cc1. The van der Waals surface area contributed by atoms with Crippen LogP contribution in [-0.2, 0) is 0 Å². The third-order valence-corrected chi connectivity index (χ3v) is 3.03. The summed E-state index contributed by atoms with van der Waals surface area (Å²) in [4.78, 5) is 22.7. The normalized spacial score (nSPS) is 11.7. The molecule has 5 nitrogen and oxygen atoms in total. The minimum absolute atomic E-state index is 0.0976. The van der Waals surface area contributed by atoms with E-state index in [-0.39, 0.29) is 11.9 Å². The first-order valence-electron chi connectivity index (χ1n) is 7.00. The summed E-state index contributed by atoms with van der Waals surface area (Å²) >= 11 is 0. The lowest BCUT2D eigenvalue weighted by atomic mass is 10.1. The van der Waals surface area contributed by atoms with Crippen molar-refractivity contribution in [2.45, 2.75) is 45.6 Å². The summed E-state index contributed by atoms with van der Waals surface area (Å²) in [5.41, 5.74) is 6.16. The molecule has 0 saturated heterocycles. The van der Waals surface area contributed by atoms with E-state index in [0.29, 0.717) is 11.3 Å². The molecule has 1 atom stereocenters. The van der Waals surface area contributed by atoms with Crippen molar-refractivity contribution in [1.29, 1.82) is 0 Å². The molecule has 110 valence electrons. The molecule has 4 N–H and O–H groups in total. The number of amides is 3. The second-order valence-corrected chi connectivity index (χ2v) is 4.94. The second kappa shape index (κ2) is 8.19. The molecule has 3 amide bonds. The van der Waals surface area contributed by atoms with Gasteiger partial charge in [0.1, 0.15) is 0 Å². The molecule has 0 bridgehead atoms. The predicted molar refractivity (Wildman–Crippen MR) is 80.7 cm³/mol. The molecule has 0 aliphatic carbocycles. The van der Waals surface area contributed by atoms with Gasteiger partial charge in [-0.25, -0.2) is 4.79 Å². The fourth-order valence-corrected chi connectivity index (χ4v) is 1.93. The van der Waals surface area contributed by atoms with Crippen molar-refractivity contribution in [1.82, 2.24) is 5.32 Å². The van der Waals surface area contributed by atoms with Gasteiger partial charge in [-0.3, -0.25) is 4.79 Å². The van der Waals surface area contributed by atoms with Crippen LogP contribution in [0.4, 0.5) is 10.5 Å². The molecule has 0 heterocycles. The van der Waals surface area contributed by atoms with Crippen LogP contribution in [0.3, 0.4) is 0 Å². The van der Waals surface area contributed by atoms with Crippen molar-refractivity contribution in [3.63, 3.8) is 0 Å². The fourth-order valence-electron chi connectivity index (χ4n) is 1.93. The Morgan fingerprint density at radius 3 is 2.40 bits per heavy atom. The van der Waals surface area contributed by atoms with E-state index in [1.807, 2.05) is 6.92 Å². The molecule has 0 aliphatic rings. The van der Waals surface area contributed by atoms with Crippen LogP contribution < -0.4 is 16.4 Å². The average molecular weight is 277 g/mol. The summed E-state index contributed by atoms with van der Waals surface area (Å²) in [6.07, 6.45) is 4.48. The minimum Gasteiger partial charge on any atom is -0.351 e. The van der Waals surface area contributed by atoms with Crippen LogP contribution in [-0.4, -0.2) is 18.0 Å². The zero-order valence-corrected chi connectivity index (χ0v) is 12.1. The maximum Gasteiger partial charge on any atom is 0.316 e. The Labute approximate surface area is 119 Å². The van der Waals surface area contributed by atoms with Gasteiger partial charge in [-0.15, -0.1) is 0 Å². The summed E-state index contributed by atoms with van der Waals surface area (Å²) in [5.74, 6) is -0.0976. The molecule has 0 radical (unpaired) electrons. The predicted octanol–water partition coefficient (Wildman–Crippen LogP) is 2.88. The molecule has 0 aliphatic heterocycles. The van der Waals surface area contributed by atoms with Gasteiger partial charge in [0.25, 0.3) is 5.91 Å². The lowest BCUT2D eigenvalue weighted by molar-refractivity contribution is 0.0938. The molecular weight excluding hydrogens is 254 g/mol. The highest BCUT2D eigenvalue weighted by Crippen LogP contribution is 2.10. The van der Waals surface area contributed by atoms with E-state index in [4.69, 9.17) is 5.73 Å². The third-order valence-electron chi connectivity index (χ3n) is 3.03. The number of carbonyl (C=O) groups excluding carboxylic acids is 2. The Morgan fingerprint density at radius 2 is 1.85 bits per heavy atom. The van der Waals surface area contributed by atoms with Crippen molar-refractivity contribution < 1.29 is 9.59 Å². The van der Waals surface area contributed by atoms with Crippen molar-refractivity contribution in [3.05, 3.63) is 29.8 Å².